The van der Waals surface area contributed by atoms with Crippen LogP contribution in [0.4, 0.5) is 5.82 Å². The Morgan fingerprint density at radius 3 is 2.88 bits per heavy atom. The number of rotatable bonds is 2. The van der Waals surface area contributed by atoms with Gasteiger partial charge in [0.1, 0.15) is 5.82 Å². The number of anilines is 1. The molecule has 1 N–H and O–H groups in total. The Bertz CT molecular complexity index is 509. The van der Waals surface area contributed by atoms with Gasteiger partial charge in [0.2, 0.25) is 0 Å². The number of amides is 1. The van der Waals surface area contributed by atoms with Crippen molar-refractivity contribution in [3.63, 3.8) is 0 Å². The molecular weight excluding hydrogens is 319 g/mol. The summed E-state index contributed by atoms with van der Waals surface area (Å²) in [6, 6.07) is 6.94. The highest BCUT2D eigenvalue weighted by Gasteiger charge is 2.09. The van der Waals surface area contributed by atoms with Crippen molar-refractivity contribution in [1.29, 1.82) is 0 Å². The van der Waals surface area contributed by atoms with E-state index >= 15 is 0 Å². The molecular formula is C11H9IN2O2. The van der Waals surface area contributed by atoms with Gasteiger partial charge in [0, 0.05) is 3.57 Å². The Kier molecular flexibility index (Phi) is 3.23. The number of hydrogen-bond donors (Lipinski definition) is 1. The van der Waals surface area contributed by atoms with E-state index in [1.165, 1.54) is 6.26 Å². The molecule has 2 heterocycles. The lowest BCUT2D eigenvalue weighted by Crippen LogP contribution is -2.12. The van der Waals surface area contributed by atoms with Gasteiger partial charge in [-0.25, -0.2) is 4.98 Å². The zero-order valence-corrected chi connectivity index (χ0v) is 10.7. The maximum atomic E-state index is 11.6. The molecule has 16 heavy (non-hydrogen) atoms. The lowest BCUT2D eigenvalue weighted by atomic mass is 10.3. The molecule has 2 aromatic heterocycles. The number of halogens is 1. The van der Waals surface area contributed by atoms with E-state index in [1.807, 2.05) is 13.0 Å². The molecule has 0 aliphatic heterocycles. The minimum absolute atomic E-state index is 0.276. The Morgan fingerprint density at radius 1 is 1.44 bits per heavy atom. The molecule has 2 rings (SSSR count). The second-order valence-corrected chi connectivity index (χ2v) is 4.36. The molecule has 0 aliphatic rings. The number of hydrogen-bond acceptors (Lipinski definition) is 3. The van der Waals surface area contributed by atoms with Crippen molar-refractivity contribution in [1.82, 2.24) is 4.98 Å². The normalized spacial score (nSPS) is 10.1. The summed E-state index contributed by atoms with van der Waals surface area (Å²) in [5.74, 6) is 0.510. The summed E-state index contributed by atoms with van der Waals surface area (Å²) in [4.78, 5) is 15.9. The Hall–Kier alpha value is -1.37. The van der Waals surface area contributed by atoms with E-state index in [0.717, 1.165) is 9.26 Å². The van der Waals surface area contributed by atoms with Gasteiger partial charge in [0.05, 0.1) is 12.0 Å². The third-order valence-electron chi connectivity index (χ3n) is 2.01. The van der Waals surface area contributed by atoms with Crippen LogP contribution in [0.1, 0.15) is 16.2 Å². The molecule has 2 aromatic rings. The van der Waals surface area contributed by atoms with Crippen LogP contribution < -0.4 is 5.32 Å². The number of nitrogens with zero attached hydrogens (tertiary/aromatic N) is 1. The van der Waals surface area contributed by atoms with Crippen LogP contribution >= 0.6 is 22.6 Å². The highest BCUT2D eigenvalue weighted by atomic mass is 127. The van der Waals surface area contributed by atoms with Crippen molar-refractivity contribution in [2.75, 3.05) is 5.32 Å². The molecule has 0 aromatic carbocycles. The van der Waals surface area contributed by atoms with Crippen LogP contribution in [0, 0.1) is 10.5 Å². The largest absolute Gasteiger partial charge is 0.459 e. The predicted molar refractivity (Wildman–Crippen MR) is 68.4 cm³/mol. The summed E-state index contributed by atoms with van der Waals surface area (Å²) in [5, 5.41) is 2.67. The molecule has 5 heteroatoms. The summed E-state index contributed by atoms with van der Waals surface area (Å²) < 4.78 is 6.04. The standard InChI is InChI=1S/C11H9IN2O2/c1-7-8(12)4-5-10(13-7)14-11(15)9-3-2-6-16-9/h2-6H,1H3,(H,13,14,15). The number of pyridine rings is 1. The first kappa shape index (κ1) is 11.1. The van der Waals surface area contributed by atoms with Gasteiger partial charge in [-0.15, -0.1) is 0 Å². The van der Waals surface area contributed by atoms with Gasteiger partial charge < -0.3 is 9.73 Å². The third-order valence-corrected chi connectivity index (χ3v) is 3.15. The zero-order chi connectivity index (χ0) is 11.5. The predicted octanol–water partition coefficient (Wildman–Crippen LogP) is 2.84. The summed E-state index contributed by atoms with van der Waals surface area (Å²) >= 11 is 2.19. The molecule has 0 saturated carbocycles. The second-order valence-electron chi connectivity index (χ2n) is 3.20. The third kappa shape index (κ3) is 2.41. The minimum atomic E-state index is -0.293. The number of carbonyl (C=O) groups excluding carboxylic acids is 1. The van der Waals surface area contributed by atoms with Crippen LogP contribution in [0.3, 0.4) is 0 Å². The molecule has 0 radical (unpaired) electrons. The molecule has 0 bridgehead atoms. The van der Waals surface area contributed by atoms with Gasteiger partial charge in [0.25, 0.3) is 5.91 Å². The number of furan rings is 1. The SMILES string of the molecule is Cc1nc(NC(=O)c2ccco2)ccc1I. The topological polar surface area (TPSA) is 55.1 Å². The lowest BCUT2D eigenvalue weighted by molar-refractivity contribution is 0.0996. The Balaban J connectivity index is 2.15. The van der Waals surface area contributed by atoms with E-state index in [0.29, 0.717) is 5.82 Å². The molecule has 0 atom stereocenters. The maximum absolute atomic E-state index is 11.6. The fourth-order valence-corrected chi connectivity index (χ4v) is 1.50. The van der Waals surface area contributed by atoms with E-state index in [4.69, 9.17) is 4.42 Å². The lowest BCUT2D eigenvalue weighted by Gasteiger charge is -2.04. The van der Waals surface area contributed by atoms with E-state index < -0.39 is 0 Å². The van der Waals surface area contributed by atoms with Gasteiger partial charge in [-0.1, -0.05) is 0 Å². The van der Waals surface area contributed by atoms with Gasteiger partial charge >= 0.3 is 0 Å². The molecule has 1 amide bonds. The smallest absolute Gasteiger partial charge is 0.292 e. The van der Waals surface area contributed by atoms with Crippen LogP contribution in [0.25, 0.3) is 0 Å². The Morgan fingerprint density at radius 2 is 2.25 bits per heavy atom. The van der Waals surface area contributed by atoms with E-state index in [2.05, 4.69) is 32.9 Å². The van der Waals surface area contributed by atoms with Crippen molar-refractivity contribution < 1.29 is 9.21 Å². The summed E-state index contributed by atoms with van der Waals surface area (Å²) in [5.41, 5.74) is 0.887. The van der Waals surface area contributed by atoms with Crippen LogP contribution in [0.5, 0.6) is 0 Å². The highest BCUT2D eigenvalue weighted by molar-refractivity contribution is 14.1. The molecule has 0 unspecified atom stereocenters. The molecule has 0 aliphatic carbocycles. The van der Waals surface area contributed by atoms with Crippen molar-refractivity contribution in [3.05, 3.63) is 45.6 Å². The van der Waals surface area contributed by atoms with Crippen LogP contribution in [-0.4, -0.2) is 10.9 Å². The highest BCUT2D eigenvalue weighted by Crippen LogP contribution is 2.13. The van der Waals surface area contributed by atoms with Crippen molar-refractivity contribution in [3.8, 4) is 0 Å². The van der Waals surface area contributed by atoms with Crippen molar-refractivity contribution in [2.24, 2.45) is 0 Å². The summed E-state index contributed by atoms with van der Waals surface area (Å²) in [6.45, 7) is 1.89. The van der Waals surface area contributed by atoms with Crippen LogP contribution in [0.15, 0.2) is 34.9 Å². The fourth-order valence-electron chi connectivity index (χ4n) is 1.20. The van der Waals surface area contributed by atoms with Crippen LogP contribution in [0.2, 0.25) is 0 Å². The Labute approximate surface area is 106 Å². The molecule has 0 saturated heterocycles. The monoisotopic (exact) mass is 328 g/mol. The first-order valence-electron chi connectivity index (χ1n) is 4.65. The van der Waals surface area contributed by atoms with E-state index in [9.17, 15) is 4.79 Å². The van der Waals surface area contributed by atoms with Crippen LogP contribution in [-0.2, 0) is 0 Å². The van der Waals surface area contributed by atoms with Gasteiger partial charge in [-0.3, -0.25) is 4.79 Å². The number of carbonyl (C=O) groups is 1. The average molecular weight is 328 g/mol. The maximum Gasteiger partial charge on any atom is 0.292 e. The summed E-state index contributed by atoms with van der Waals surface area (Å²) in [6.07, 6.45) is 1.46. The van der Waals surface area contributed by atoms with E-state index in [-0.39, 0.29) is 11.7 Å². The fraction of sp³-hybridized carbons (Fsp3) is 0.0909. The van der Waals surface area contributed by atoms with Crippen molar-refractivity contribution in [2.45, 2.75) is 6.92 Å². The van der Waals surface area contributed by atoms with Gasteiger partial charge in [-0.2, -0.15) is 0 Å². The molecule has 4 nitrogen and oxygen atoms in total. The zero-order valence-electron chi connectivity index (χ0n) is 8.53. The second kappa shape index (κ2) is 4.65. The average Bonchev–Trinajstić information content (AvgIpc) is 2.77. The first-order chi connectivity index (χ1) is 7.66. The number of nitrogens with one attached hydrogen (secondary N) is 1. The van der Waals surface area contributed by atoms with Crippen molar-refractivity contribution >= 4 is 34.3 Å². The molecule has 0 fully saturated rings. The minimum Gasteiger partial charge on any atom is -0.459 e. The quantitative estimate of drug-likeness (QED) is 0.863. The van der Waals surface area contributed by atoms with E-state index in [1.54, 1.807) is 18.2 Å². The van der Waals surface area contributed by atoms with Gasteiger partial charge in [0.15, 0.2) is 5.76 Å². The van der Waals surface area contributed by atoms with Gasteiger partial charge in [-0.05, 0) is 53.8 Å². The number of aryl methyl sites for hydroxylation is 1. The number of aromatic nitrogens is 1. The molecule has 0 spiro atoms. The first-order valence-corrected chi connectivity index (χ1v) is 5.72. The summed E-state index contributed by atoms with van der Waals surface area (Å²) in [7, 11) is 0. The molecule has 82 valence electrons.